The van der Waals surface area contributed by atoms with Crippen LogP contribution in [0.3, 0.4) is 0 Å². The second kappa shape index (κ2) is 9.32. The number of carbonyl (C=O) groups excluding carboxylic acids is 2. The van der Waals surface area contributed by atoms with Gasteiger partial charge in [0.25, 0.3) is 5.91 Å². The number of aliphatic hydroxyl groups is 1. The Kier molecular flexibility index (Phi) is 6.77. The van der Waals surface area contributed by atoms with E-state index in [1.165, 1.54) is 9.80 Å². The van der Waals surface area contributed by atoms with Gasteiger partial charge < -0.3 is 24.7 Å². The quantitative estimate of drug-likeness (QED) is 0.515. The number of halogens is 1. The van der Waals surface area contributed by atoms with Crippen LogP contribution in [0.25, 0.3) is 0 Å². The third-order valence-corrected chi connectivity index (χ3v) is 7.57. The topological polar surface area (TPSA) is 107 Å². The molecule has 3 aliphatic rings. The van der Waals surface area contributed by atoms with Crippen molar-refractivity contribution in [2.24, 2.45) is 17.8 Å². The number of amides is 2. The highest BCUT2D eigenvalue weighted by Gasteiger charge is 2.75. The van der Waals surface area contributed by atoms with Gasteiger partial charge in [-0.1, -0.05) is 31.5 Å². The lowest BCUT2D eigenvalue weighted by Gasteiger charge is -2.39. The predicted octanol–water partition coefficient (Wildman–Crippen LogP) is 2.73. The smallest absolute Gasteiger partial charge is 0.310 e. The fraction of sp³-hybridized carbons (Fsp3) is 0.560. The zero-order valence-electron chi connectivity index (χ0n) is 19.4. The van der Waals surface area contributed by atoms with Gasteiger partial charge in [-0.2, -0.15) is 0 Å². The van der Waals surface area contributed by atoms with Crippen molar-refractivity contribution in [3.63, 3.8) is 0 Å². The molecule has 0 radical (unpaired) electrons. The standard InChI is InChI=1S/C25H31ClN2O6/c1-4-11-27(16-7-5-15(26)6-8-16)23(31)21-25-10-9-18(34-25)19(24(32)33)20(25)22(30)28(21)17(13-29)12-14(2)3/h4-8,14,17-21,29H,1,9-13H2,2-3H3,(H,32,33)/t17-,18+,19-,20-,21+,25-/m1/s1. The van der Waals surface area contributed by atoms with Crippen molar-refractivity contribution in [3.05, 3.63) is 41.9 Å². The number of ether oxygens (including phenoxy) is 1. The zero-order valence-corrected chi connectivity index (χ0v) is 20.1. The van der Waals surface area contributed by atoms with Crippen LogP contribution in [0.15, 0.2) is 36.9 Å². The molecular weight excluding hydrogens is 460 g/mol. The van der Waals surface area contributed by atoms with E-state index in [0.717, 1.165) is 0 Å². The molecule has 3 fully saturated rings. The molecule has 0 aromatic heterocycles. The van der Waals surface area contributed by atoms with E-state index in [1.807, 2.05) is 13.8 Å². The number of likely N-dealkylation sites (tertiary alicyclic amines) is 1. The Morgan fingerprint density at radius 1 is 1.35 bits per heavy atom. The van der Waals surface area contributed by atoms with Crippen LogP contribution in [0.2, 0.25) is 5.02 Å². The molecular formula is C25H31ClN2O6. The van der Waals surface area contributed by atoms with Crippen LogP contribution in [0.5, 0.6) is 0 Å². The Morgan fingerprint density at radius 2 is 2.03 bits per heavy atom. The van der Waals surface area contributed by atoms with Crippen LogP contribution in [0, 0.1) is 17.8 Å². The van der Waals surface area contributed by atoms with E-state index in [1.54, 1.807) is 30.3 Å². The summed E-state index contributed by atoms with van der Waals surface area (Å²) < 4.78 is 6.26. The van der Waals surface area contributed by atoms with Gasteiger partial charge in [0.2, 0.25) is 5.91 Å². The van der Waals surface area contributed by atoms with Crippen molar-refractivity contribution in [1.82, 2.24) is 4.90 Å². The summed E-state index contributed by atoms with van der Waals surface area (Å²) in [6.07, 6.45) is 2.33. The largest absolute Gasteiger partial charge is 0.481 e. The molecule has 2 bridgehead atoms. The molecule has 34 heavy (non-hydrogen) atoms. The zero-order chi connectivity index (χ0) is 24.8. The molecule has 1 aromatic carbocycles. The molecule has 9 heteroatoms. The molecule has 2 amide bonds. The number of carboxylic acid groups (broad SMARTS) is 1. The van der Waals surface area contributed by atoms with Gasteiger partial charge in [-0.3, -0.25) is 14.4 Å². The fourth-order valence-electron chi connectivity index (χ4n) is 6.09. The van der Waals surface area contributed by atoms with E-state index in [9.17, 15) is 24.6 Å². The molecule has 4 rings (SSSR count). The predicted molar refractivity (Wildman–Crippen MR) is 126 cm³/mol. The molecule has 3 aliphatic heterocycles. The maximum Gasteiger partial charge on any atom is 0.310 e. The van der Waals surface area contributed by atoms with Gasteiger partial charge in [-0.05, 0) is 49.4 Å². The first-order valence-corrected chi connectivity index (χ1v) is 12.1. The van der Waals surface area contributed by atoms with Gasteiger partial charge in [-0.15, -0.1) is 6.58 Å². The second-order valence-electron chi connectivity index (χ2n) is 9.82. The summed E-state index contributed by atoms with van der Waals surface area (Å²) >= 11 is 6.04. The molecule has 2 N–H and O–H groups in total. The Labute approximate surface area is 204 Å². The fourth-order valence-corrected chi connectivity index (χ4v) is 6.21. The number of fused-ring (bicyclic) bond motifs is 1. The number of aliphatic carboxylic acids is 1. The third kappa shape index (κ3) is 3.82. The Balaban J connectivity index is 1.82. The number of aliphatic hydroxyl groups excluding tert-OH is 1. The lowest BCUT2D eigenvalue weighted by molar-refractivity contribution is -0.151. The number of hydrogen-bond acceptors (Lipinski definition) is 5. The first-order valence-electron chi connectivity index (χ1n) is 11.7. The van der Waals surface area contributed by atoms with E-state index in [0.29, 0.717) is 30.0 Å². The van der Waals surface area contributed by atoms with Crippen LogP contribution in [0.4, 0.5) is 5.69 Å². The summed E-state index contributed by atoms with van der Waals surface area (Å²) in [6, 6.07) is 5.09. The first kappa shape index (κ1) is 24.7. The summed E-state index contributed by atoms with van der Waals surface area (Å²) in [5.41, 5.74) is -0.661. The van der Waals surface area contributed by atoms with E-state index in [2.05, 4.69) is 6.58 Å². The van der Waals surface area contributed by atoms with Crippen LogP contribution in [-0.2, 0) is 19.1 Å². The Bertz CT molecular complexity index is 982. The second-order valence-corrected chi connectivity index (χ2v) is 10.3. The van der Waals surface area contributed by atoms with Crippen LogP contribution >= 0.6 is 11.6 Å². The van der Waals surface area contributed by atoms with Crippen molar-refractivity contribution in [2.45, 2.75) is 56.9 Å². The highest BCUT2D eigenvalue weighted by molar-refractivity contribution is 6.30. The lowest BCUT2D eigenvalue weighted by Crippen LogP contribution is -2.59. The minimum absolute atomic E-state index is 0.145. The molecule has 184 valence electrons. The first-order chi connectivity index (χ1) is 16.2. The summed E-state index contributed by atoms with van der Waals surface area (Å²) in [4.78, 5) is 43.1. The monoisotopic (exact) mass is 490 g/mol. The van der Waals surface area contributed by atoms with Crippen molar-refractivity contribution < 1.29 is 29.3 Å². The summed E-state index contributed by atoms with van der Waals surface area (Å²) in [5, 5.41) is 20.7. The minimum atomic E-state index is -1.24. The Morgan fingerprint density at radius 3 is 2.59 bits per heavy atom. The SMILES string of the molecule is C=CCN(C(=O)[C@@H]1N([C@@H](CO)CC(C)C)C(=O)[C@H]2[C@H](C(=O)O)[C@@H]3CC[C@]12O3)c1ccc(Cl)cc1. The maximum absolute atomic E-state index is 14.2. The van der Waals surface area contributed by atoms with Gasteiger partial charge in [0.05, 0.1) is 30.6 Å². The third-order valence-electron chi connectivity index (χ3n) is 7.32. The van der Waals surface area contributed by atoms with Crippen LogP contribution < -0.4 is 4.90 Å². The van der Waals surface area contributed by atoms with Gasteiger partial charge >= 0.3 is 5.97 Å². The molecule has 0 aliphatic carbocycles. The summed E-state index contributed by atoms with van der Waals surface area (Å²) in [6.45, 7) is 7.56. The number of carbonyl (C=O) groups is 3. The number of carboxylic acids is 1. The van der Waals surface area contributed by atoms with Gasteiger partial charge in [0.15, 0.2) is 0 Å². The number of hydrogen-bond donors (Lipinski definition) is 2. The average molecular weight is 491 g/mol. The molecule has 8 nitrogen and oxygen atoms in total. The van der Waals surface area contributed by atoms with Crippen LogP contribution in [-0.4, -0.2) is 69.8 Å². The normalized spacial score (nSPS) is 30.5. The molecule has 0 saturated carbocycles. The molecule has 6 atom stereocenters. The number of anilines is 1. The van der Waals surface area contributed by atoms with Crippen molar-refractivity contribution in [3.8, 4) is 0 Å². The summed E-state index contributed by atoms with van der Waals surface area (Å²) in [7, 11) is 0. The number of rotatable bonds is 9. The lowest BCUT2D eigenvalue weighted by atomic mass is 9.70. The van der Waals surface area contributed by atoms with E-state index in [-0.39, 0.29) is 25.0 Å². The molecule has 1 aromatic rings. The highest BCUT2D eigenvalue weighted by Crippen LogP contribution is 2.59. The van der Waals surface area contributed by atoms with Gasteiger partial charge in [-0.25, -0.2) is 0 Å². The van der Waals surface area contributed by atoms with E-state index >= 15 is 0 Å². The molecule has 1 spiro atoms. The van der Waals surface area contributed by atoms with E-state index < -0.39 is 47.5 Å². The Hall–Kier alpha value is -2.42. The van der Waals surface area contributed by atoms with E-state index in [4.69, 9.17) is 16.3 Å². The van der Waals surface area contributed by atoms with Crippen molar-refractivity contribution in [2.75, 3.05) is 18.1 Å². The number of benzene rings is 1. The van der Waals surface area contributed by atoms with Gasteiger partial charge in [0.1, 0.15) is 11.6 Å². The molecule has 0 unspecified atom stereocenters. The van der Waals surface area contributed by atoms with Crippen molar-refractivity contribution >= 4 is 35.1 Å². The van der Waals surface area contributed by atoms with Crippen LogP contribution in [0.1, 0.15) is 33.1 Å². The highest BCUT2D eigenvalue weighted by atomic mass is 35.5. The molecule has 3 saturated heterocycles. The molecule has 3 heterocycles. The maximum atomic E-state index is 14.2. The average Bonchev–Trinajstić information content (AvgIpc) is 3.43. The number of nitrogens with zero attached hydrogens (tertiary/aromatic N) is 2. The van der Waals surface area contributed by atoms with Gasteiger partial charge in [0, 0.05) is 17.3 Å². The minimum Gasteiger partial charge on any atom is -0.481 e. The summed E-state index contributed by atoms with van der Waals surface area (Å²) in [5.74, 6) is -3.73. The van der Waals surface area contributed by atoms with Crippen molar-refractivity contribution in [1.29, 1.82) is 0 Å².